The topological polar surface area (TPSA) is 76.7 Å². The molecule has 0 aromatic heterocycles. The molecular weight excluding hydrogens is 284 g/mol. The Balaban J connectivity index is 1.78. The summed E-state index contributed by atoms with van der Waals surface area (Å²) in [5, 5.41) is 5.63. The molecule has 1 fully saturated rings. The lowest BCUT2D eigenvalue weighted by Gasteiger charge is -2.36. The van der Waals surface area contributed by atoms with Crippen LogP contribution in [0.15, 0.2) is 30.3 Å². The van der Waals surface area contributed by atoms with Crippen molar-refractivity contribution < 1.29 is 19.1 Å². The predicted octanol–water partition coefficient (Wildman–Crippen LogP) is 1.59. The molecular formula is C16H22N2O4. The molecule has 1 aliphatic heterocycles. The second-order valence-corrected chi connectivity index (χ2v) is 6.23. The van der Waals surface area contributed by atoms with Crippen molar-refractivity contribution in [1.82, 2.24) is 10.6 Å². The number of ether oxygens (including phenoxy) is 2. The zero-order valence-electron chi connectivity index (χ0n) is 13.1. The highest BCUT2D eigenvalue weighted by molar-refractivity contribution is 5.79. The first-order valence-corrected chi connectivity index (χ1v) is 7.28. The first-order chi connectivity index (χ1) is 10.3. The number of carbonyl (C=O) groups is 2. The Hall–Kier alpha value is -2.08. The van der Waals surface area contributed by atoms with Gasteiger partial charge in [0.05, 0.1) is 6.04 Å². The van der Waals surface area contributed by atoms with E-state index in [4.69, 9.17) is 9.47 Å². The molecule has 6 nitrogen and oxygen atoms in total. The summed E-state index contributed by atoms with van der Waals surface area (Å²) in [7, 11) is 0. The van der Waals surface area contributed by atoms with Crippen molar-refractivity contribution >= 4 is 12.1 Å². The molecule has 2 unspecified atom stereocenters. The molecule has 2 atom stereocenters. The molecule has 0 bridgehead atoms. The SMILES string of the molecule is CC(C)(C)OC(=O)NC1CNC1C(=O)OCc1ccccc1. The highest BCUT2D eigenvalue weighted by Gasteiger charge is 2.39. The molecule has 120 valence electrons. The van der Waals surface area contributed by atoms with Crippen LogP contribution in [0.2, 0.25) is 0 Å². The number of nitrogens with one attached hydrogen (secondary N) is 2. The fourth-order valence-corrected chi connectivity index (χ4v) is 2.01. The lowest BCUT2D eigenvalue weighted by atomic mass is 10.0. The first kappa shape index (κ1) is 16.3. The number of esters is 1. The van der Waals surface area contributed by atoms with Crippen LogP contribution in [0.25, 0.3) is 0 Å². The van der Waals surface area contributed by atoms with E-state index in [0.717, 1.165) is 5.56 Å². The summed E-state index contributed by atoms with van der Waals surface area (Å²) >= 11 is 0. The summed E-state index contributed by atoms with van der Waals surface area (Å²) in [5.41, 5.74) is 0.358. The molecule has 1 amide bonds. The number of hydrogen-bond acceptors (Lipinski definition) is 5. The van der Waals surface area contributed by atoms with E-state index < -0.39 is 17.7 Å². The van der Waals surface area contributed by atoms with Gasteiger partial charge in [-0.3, -0.25) is 4.79 Å². The van der Waals surface area contributed by atoms with Crippen LogP contribution in [0.1, 0.15) is 26.3 Å². The van der Waals surface area contributed by atoms with Gasteiger partial charge in [0, 0.05) is 6.54 Å². The smallest absolute Gasteiger partial charge is 0.407 e. The Morgan fingerprint density at radius 3 is 2.50 bits per heavy atom. The van der Waals surface area contributed by atoms with Crippen LogP contribution in [0.5, 0.6) is 0 Å². The number of alkyl carbamates (subject to hydrolysis) is 1. The summed E-state index contributed by atoms with van der Waals surface area (Å²) in [6, 6.07) is 8.61. The van der Waals surface area contributed by atoms with E-state index in [1.54, 1.807) is 20.8 Å². The third-order valence-corrected chi connectivity index (χ3v) is 3.14. The van der Waals surface area contributed by atoms with E-state index >= 15 is 0 Å². The van der Waals surface area contributed by atoms with Gasteiger partial charge in [0.15, 0.2) is 0 Å². The Morgan fingerprint density at radius 1 is 1.27 bits per heavy atom. The van der Waals surface area contributed by atoms with E-state index in [9.17, 15) is 9.59 Å². The van der Waals surface area contributed by atoms with E-state index in [1.165, 1.54) is 0 Å². The molecule has 0 aliphatic carbocycles. The van der Waals surface area contributed by atoms with Gasteiger partial charge in [-0.05, 0) is 26.3 Å². The van der Waals surface area contributed by atoms with Gasteiger partial charge in [-0.2, -0.15) is 0 Å². The number of rotatable bonds is 4. The molecule has 0 saturated carbocycles. The summed E-state index contributed by atoms with van der Waals surface area (Å²) < 4.78 is 10.4. The molecule has 6 heteroatoms. The van der Waals surface area contributed by atoms with Crippen LogP contribution < -0.4 is 10.6 Å². The number of carbonyl (C=O) groups excluding carboxylic acids is 2. The van der Waals surface area contributed by atoms with Crippen LogP contribution >= 0.6 is 0 Å². The maximum atomic E-state index is 12.0. The standard InChI is InChI=1S/C16H22N2O4/c1-16(2,3)22-15(20)18-12-9-17-13(12)14(19)21-10-11-7-5-4-6-8-11/h4-8,12-13,17H,9-10H2,1-3H3,(H,18,20). The molecule has 2 N–H and O–H groups in total. The third kappa shape index (κ3) is 4.73. The molecule has 1 aromatic carbocycles. The highest BCUT2D eigenvalue weighted by Crippen LogP contribution is 2.11. The Morgan fingerprint density at radius 2 is 1.95 bits per heavy atom. The number of benzene rings is 1. The Kier molecular flexibility index (Phi) is 5.03. The van der Waals surface area contributed by atoms with Crippen LogP contribution in [0.3, 0.4) is 0 Å². The van der Waals surface area contributed by atoms with Crippen molar-refractivity contribution in [2.75, 3.05) is 6.54 Å². The minimum Gasteiger partial charge on any atom is -0.460 e. The normalized spacial score (nSPS) is 20.7. The van der Waals surface area contributed by atoms with Crippen molar-refractivity contribution in [3.63, 3.8) is 0 Å². The zero-order chi connectivity index (χ0) is 16.2. The molecule has 2 rings (SSSR count). The van der Waals surface area contributed by atoms with Crippen molar-refractivity contribution in [3.05, 3.63) is 35.9 Å². The lowest BCUT2D eigenvalue weighted by Crippen LogP contribution is -2.68. The fraction of sp³-hybridized carbons (Fsp3) is 0.500. The number of amides is 1. The maximum absolute atomic E-state index is 12.0. The van der Waals surface area contributed by atoms with Crippen LogP contribution in [0.4, 0.5) is 4.79 Å². The zero-order valence-corrected chi connectivity index (χ0v) is 13.1. The molecule has 0 spiro atoms. The number of hydrogen-bond donors (Lipinski definition) is 2. The van der Waals surface area contributed by atoms with Gasteiger partial charge < -0.3 is 20.1 Å². The lowest BCUT2D eigenvalue weighted by molar-refractivity contribution is -0.150. The molecule has 0 radical (unpaired) electrons. The monoisotopic (exact) mass is 306 g/mol. The molecule has 22 heavy (non-hydrogen) atoms. The van der Waals surface area contributed by atoms with Gasteiger partial charge >= 0.3 is 12.1 Å². The predicted molar refractivity (Wildman–Crippen MR) is 81.2 cm³/mol. The van der Waals surface area contributed by atoms with Crippen molar-refractivity contribution in [3.8, 4) is 0 Å². The third-order valence-electron chi connectivity index (χ3n) is 3.14. The summed E-state index contributed by atoms with van der Waals surface area (Å²) in [5.74, 6) is -0.379. The largest absolute Gasteiger partial charge is 0.460 e. The van der Waals surface area contributed by atoms with Gasteiger partial charge in [0.2, 0.25) is 0 Å². The molecule has 1 saturated heterocycles. The average molecular weight is 306 g/mol. The molecule has 1 aromatic rings. The molecule has 1 heterocycles. The van der Waals surface area contributed by atoms with Crippen molar-refractivity contribution in [1.29, 1.82) is 0 Å². The van der Waals surface area contributed by atoms with Crippen LogP contribution in [-0.4, -0.2) is 36.3 Å². The summed E-state index contributed by atoms with van der Waals surface area (Å²) in [4.78, 5) is 23.7. The first-order valence-electron chi connectivity index (χ1n) is 7.28. The Labute approximate surface area is 130 Å². The van der Waals surface area contributed by atoms with Gasteiger partial charge in [0.1, 0.15) is 18.2 Å². The minimum absolute atomic E-state index is 0.219. The molecule has 1 aliphatic rings. The van der Waals surface area contributed by atoms with Gasteiger partial charge in [-0.25, -0.2) is 4.79 Å². The van der Waals surface area contributed by atoms with Crippen LogP contribution in [0, 0.1) is 0 Å². The highest BCUT2D eigenvalue weighted by atomic mass is 16.6. The summed E-state index contributed by atoms with van der Waals surface area (Å²) in [6.07, 6.45) is -0.528. The Bertz CT molecular complexity index is 525. The summed E-state index contributed by atoms with van der Waals surface area (Å²) in [6.45, 7) is 6.10. The average Bonchev–Trinajstić information content (AvgIpc) is 2.41. The fourth-order valence-electron chi connectivity index (χ4n) is 2.01. The van der Waals surface area contributed by atoms with Gasteiger partial charge in [-0.15, -0.1) is 0 Å². The van der Waals surface area contributed by atoms with Crippen molar-refractivity contribution in [2.24, 2.45) is 0 Å². The quantitative estimate of drug-likeness (QED) is 0.826. The van der Waals surface area contributed by atoms with Crippen LogP contribution in [-0.2, 0) is 20.9 Å². The second kappa shape index (κ2) is 6.79. The van der Waals surface area contributed by atoms with Crippen molar-refractivity contribution in [2.45, 2.75) is 45.1 Å². The van der Waals surface area contributed by atoms with E-state index in [0.29, 0.717) is 6.54 Å². The van der Waals surface area contributed by atoms with E-state index in [-0.39, 0.29) is 18.6 Å². The second-order valence-electron chi connectivity index (χ2n) is 6.23. The van der Waals surface area contributed by atoms with Gasteiger partial charge in [0.25, 0.3) is 0 Å². The van der Waals surface area contributed by atoms with E-state index in [2.05, 4.69) is 10.6 Å². The minimum atomic E-state index is -0.565. The van der Waals surface area contributed by atoms with Gasteiger partial charge in [-0.1, -0.05) is 30.3 Å². The maximum Gasteiger partial charge on any atom is 0.407 e. The van der Waals surface area contributed by atoms with E-state index in [1.807, 2.05) is 30.3 Å².